The number of rotatable bonds is 5. The molecule has 1 unspecified atom stereocenters. The minimum atomic E-state index is -0.591. The second-order valence-electron chi connectivity index (χ2n) is 5.89. The Balaban J connectivity index is 1.48. The van der Waals surface area contributed by atoms with Crippen molar-refractivity contribution in [2.24, 2.45) is 0 Å². The molecule has 1 fully saturated rings. The SMILES string of the molecule is CC(Oc1ccc(F)cc1)C(=O)N1CCN(Cc2ccco2)CC1. The molecule has 2 aromatic rings. The van der Waals surface area contributed by atoms with Gasteiger partial charge in [-0.25, -0.2) is 4.39 Å². The summed E-state index contributed by atoms with van der Waals surface area (Å²) in [6, 6.07) is 9.53. The molecule has 128 valence electrons. The van der Waals surface area contributed by atoms with Gasteiger partial charge in [-0.3, -0.25) is 9.69 Å². The van der Waals surface area contributed by atoms with Gasteiger partial charge in [-0.05, 0) is 43.3 Å². The maximum absolute atomic E-state index is 12.9. The molecule has 1 saturated heterocycles. The molecule has 3 rings (SSSR count). The Hall–Kier alpha value is -2.34. The number of hydrogen-bond acceptors (Lipinski definition) is 4. The van der Waals surface area contributed by atoms with Gasteiger partial charge in [0, 0.05) is 26.2 Å². The molecular weight excluding hydrogens is 311 g/mol. The number of piperazine rings is 1. The molecule has 0 spiro atoms. The number of hydrogen-bond donors (Lipinski definition) is 0. The first-order valence-electron chi connectivity index (χ1n) is 8.07. The van der Waals surface area contributed by atoms with Crippen LogP contribution in [0.25, 0.3) is 0 Å². The van der Waals surface area contributed by atoms with E-state index in [1.807, 2.05) is 17.0 Å². The normalized spacial score (nSPS) is 16.8. The Bertz CT molecular complexity index is 649. The van der Waals surface area contributed by atoms with E-state index >= 15 is 0 Å². The van der Waals surface area contributed by atoms with Gasteiger partial charge in [-0.2, -0.15) is 0 Å². The highest BCUT2D eigenvalue weighted by Crippen LogP contribution is 2.15. The fraction of sp³-hybridized carbons (Fsp3) is 0.389. The summed E-state index contributed by atoms with van der Waals surface area (Å²) in [5.74, 6) is 1.06. The molecule has 1 aromatic heterocycles. The first-order valence-corrected chi connectivity index (χ1v) is 8.07. The van der Waals surface area contributed by atoms with Crippen LogP contribution in [0.3, 0.4) is 0 Å². The van der Waals surface area contributed by atoms with Crippen molar-refractivity contribution < 1.29 is 18.3 Å². The highest BCUT2D eigenvalue weighted by Gasteiger charge is 2.26. The molecule has 24 heavy (non-hydrogen) atoms. The number of amides is 1. The van der Waals surface area contributed by atoms with Gasteiger partial charge in [0.2, 0.25) is 0 Å². The number of benzene rings is 1. The summed E-state index contributed by atoms with van der Waals surface area (Å²) in [5.41, 5.74) is 0. The number of nitrogens with zero attached hydrogens (tertiary/aromatic N) is 2. The van der Waals surface area contributed by atoms with Crippen LogP contribution in [0.5, 0.6) is 5.75 Å². The minimum absolute atomic E-state index is 0.0445. The lowest BCUT2D eigenvalue weighted by molar-refractivity contribution is -0.139. The molecule has 1 aromatic carbocycles. The van der Waals surface area contributed by atoms with E-state index in [1.165, 1.54) is 24.3 Å². The third kappa shape index (κ3) is 4.14. The van der Waals surface area contributed by atoms with Gasteiger partial charge in [-0.15, -0.1) is 0 Å². The molecule has 1 atom stereocenters. The van der Waals surface area contributed by atoms with E-state index in [4.69, 9.17) is 9.15 Å². The van der Waals surface area contributed by atoms with Crippen molar-refractivity contribution in [1.29, 1.82) is 0 Å². The van der Waals surface area contributed by atoms with Crippen LogP contribution in [0, 0.1) is 5.82 Å². The van der Waals surface area contributed by atoms with Crippen molar-refractivity contribution >= 4 is 5.91 Å². The molecule has 0 bridgehead atoms. The molecular formula is C18H21FN2O3. The third-order valence-corrected chi connectivity index (χ3v) is 4.12. The molecule has 1 amide bonds. The van der Waals surface area contributed by atoms with E-state index in [1.54, 1.807) is 13.2 Å². The molecule has 0 radical (unpaired) electrons. The van der Waals surface area contributed by atoms with Crippen LogP contribution in [0.4, 0.5) is 4.39 Å². The molecule has 6 heteroatoms. The maximum atomic E-state index is 12.9. The van der Waals surface area contributed by atoms with Crippen LogP contribution < -0.4 is 4.74 Å². The third-order valence-electron chi connectivity index (χ3n) is 4.12. The predicted molar refractivity (Wildman–Crippen MR) is 87.1 cm³/mol. The molecule has 5 nitrogen and oxygen atoms in total. The summed E-state index contributed by atoms with van der Waals surface area (Å²) in [4.78, 5) is 16.6. The van der Waals surface area contributed by atoms with E-state index in [2.05, 4.69) is 4.90 Å². The van der Waals surface area contributed by atoms with Gasteiger partial charge in [0.05, 0.1) is 12.8 Å². The Morgan fingerprint density at radius 1 is 1.21 bits per heavy atom. The fourth-order valence-corrected chi connectivity index (χ4v) is 2.77. The summed E-state index contributed by atoms with van der Waals surface area (Å²) in [6.45, 7) is 5.41. The van der Waals surface area contributed by atoms with Gasteiger partial charge in [-0.1, -0.05) is 0 Å². The van der Waals surface area contributed by atoms with Crippen LogP contribution in [-0.2, 0) is 11.3 Å². The smallest absolute Gasteiger partial charge is 0.263 e. The van der Waals surface area contributed by atoms with Crippen molar-refractivity contribution in [3.63, 3.8) is 0 Å². The summed E-state index contributed by atoms with van der Waals surface area (Å²) in [7, 11) is 0. The zero-order chi connectivity index (χ0) is 16.9. The van der Waals surface area contributed by atoms with E-state index in [-0.39, 0.29) is 11.7 Å². The number of halogens is 1. The average Bonchev–Trinajstić information content (AvgIpc) is 3.10. The number of ether oxygens (including phenoxy) is 1. The largest absolute Gasteiger partial charge is 0.481 e. The fourth-order valence-electron chi connectivity index (χ4n) is 2.77. The minimum Gasteiger partial charge on any atom is -0.481 e. The van der Waals surface area contributed by atoms with Gasteiger partial charge >= 0.3 is 0 Å². The van der Waals surface area contributed by atoms with Gasteiger partial charge < -0.3 is 14.1 Å². The van der Waals surface area contributed by atoms with E-state index in [9.17, 15) is 9.18 Å². The Kier molecular flexibility index (Phi) is 5.15. The van der Waals surface area contributed by atoms with Crippen LogP contribution >= 0.6 is 0 Å². The molecule has 1 aliphatic heterocycles. The number of carbonyl (C=O) groups is 1. The van der Waals surface area contributed by atoms with Gasteiger partial charge in [0.25, 0.3) is 5.91 Å². The Morgan fingerprint density at radius 2 is 1.92 bits per heavy atom. The van der Waals surface area contributed by atoms with Crippen LogP contribution in [-0.4, -0.2) is 48.0 Å². The predicted octanol–water partition coefficient (Wildman–Crippen LogP) is 2.53. The number of furan rings is 1. The quantitative estimate of drug-likeness (QED) is 0.844. The average molecular weight is 332 g/mol. The lowest BCUT2D eigenvalue weighted by Crippen LogP contribution is -2.51. The van der Waals surface area contributed by atoms with E-state index in [0.717, 1.165) is 25.4 Å². The topological polar surface area (TPSA) is 45.9 Å². The second-order valence-corrected chi connectivity index (χ2v) is 5.89. The lowest BCUT2D eigenvalue weighted by atomic mass is 10.2. The summed E-state index contributed by atoms with van der Waals surface area (Å²) >= 11 is 0. The summed E-state index contributed by atoms with van der Waals surface area (Å²) in [6.07, 6.45) is 1.08. The standard InChI is InChI=1S/C18H21FN2O3/c1-14(24-16-6-4-15(19)5-7-16)18(22)21-10-8-20(9-11-21)13-17-3-2-12-23-17/h2-7,12,14H,8-11,13H2,1H3. The van der Waals surface area contributed by atoms with Gasteiger partial charge in [0.15, 0.2) is 6.10 Å². The Labute approximate surface area is 140 Å². The zero-order valence-corrected chi connectivity index (χ0v) is 13.7. The summed E-state index contributed by atoms with van der Waals surface area (Å²) in [5, 5.41) is 0. The summed E-state index contributed by atoms with van der Waals surface area (Å²) < 4.78 is 23.9. The first kappa shape index (κ1) is 16.5. The molecule has 1 aliphatic rings. The second kappa shape index (κ2) is 7.49. The zero-order valence-electron chi connectivity index (χ0n) is 13.7. The van der Waals surface area contributed by atoms with Gasteiger partial charge in [0.1, 0.15) is 17.3 Å². The Morgan fingerprint density at radius 3 is 2.54 bits per heavy atom. The molecule has 0 aliphatic carbocycles. The van der Waals surface area contributed by atoms with E-state index in [0.29, 0.717) is 18.8 Å². The monoisotopic (exact) mass is 332 g/mol. The first-order chi connectivity index (χ1) is 11.6. The maximum Gasteiger partial charge on any atom is 0.263 e. The molecule has 0 saturated carbocycles. The van der Waals surface area contributed by atoms with Crippen molar-refractivity contribution in [2.75, 3.05) is 26.2 Å². The highest BCUT2D eigenvalue weighted by atomic mass is 19.1. The van der Waals surface area contributed by atoms with Crippen molar-refractivity contribution in [1.82, 2.24) is 9.80 Å². The highest BCUT2D eigenvalue weighted by molar-refractivity contribution is 5.81. The van der Waals surface area contributed by atoms with Crippen LogP contribution in [0.15, 0.2) is 47.1 Å². The number of carbonyl (C=O) groups excluding carboxylic acids is 1. The van der Waals surface area contributed by atoms with Crippen molar-refractivity contribution in [3.8, 4) is 5.75 Å². The van der Waals surface area contributed by atoms with Crippen LogP contribution in [0.1, 0.15) is 12.7 Å². The van der Waals surface area contributed by atoms with Crippen molar-refractivity contribution in [3.05, 3.63) is 54.2 Å². The molecule has 2 heterocycles. The van der Waals surface area contributed by atoms with E-state index < -0.39 is 6.10 Å². The van der Waals surface area contributed by atoms with Crippen LogP contribution in [0.2, 0.25) is 0 Å². The molecule has 0 N–H and O–H groups in total. The lowest BCUT2D eigenvalue weighted by Gasteiger charge is -2.35. The van der Waals surface area contributed by atoms with Crippen molar-refractivity contribution in [2.45, 2.75) is 19.6 Å².